The van der Waals surface area contributed by atoms with Crippen LogP contribution in [0.2, 0.25) is 0 Å². The fourth-order valence-electron chi connectivity index (χ4n) is 2.19. The number of hydrogen-bond donors (Lipinski definition) is 2. The van der Waals surface area contributed by atoms with Gasteiger partial charge in [-0.1, -0.05) is 30.3 Å². The van der Waals surface area contributed by atoms with Crippen LogP contribution >= 0.6 is 0 Å². The molecule has 1 aromatic carbocycles. The number of nitrogens with one attached hydrogen (secondary N) is 1. The Labute approximate surface area is 130 Å². The summed E-state index contributed by atoms with van der Waals surface area (Å²) >= 11 is 0. The van der Waals surface area contributed by atoms with Crippen molar-refractivity contribution in [2.45, 2.75) is 12.5 Å². The van der Waals surface area contributed by atoms with E-state index < -0.39 is 6.10 Å². The maximum Gasteiger partial charge on any atom is 0.255 e. The number of carbonyl (C=O) groups is 1. The van der Waals surface area contributed by atoms with E-state index in [4.69, 9.17) is 0 Å². The van der Waals surface area contributed by atoms with Crippen molar-refractivity contribution in [2.75, 3.05) is 25.5 Å². The van der Waals surface area contributed by atoms with Crippen LogP contribution in [0.3, 0.4) is 0 Å². The van der Waals surface area contributed by atoms with Gasteiger partial charge in [-0.05, 0) is 17.7 Å². The molecular weight excluding hydrogens is 278 g/mol. The summed E-state index contributed by atoms with van der Waals surface area (Å²) < 4.78 is 0. The molecule has 5 nitrogen and oxygen atoms in total. The second-order valence-corrected chi connectivity index (χ2v) is 5.32. The Morgan fingerprint density at radius 2 is 1.95 bits per heavy atom. The zero-order chi connectivity index (χ0) is 15.9. The second-order valence-electron chi connectivity index (χ2n) is 5.32. The lowest BCUT2D eigenvalue weighted by molar-refractivity contribution is 0.0916. The molecule has 1 heterocycles. The Hall–Kier alpha value is -2.40. The molecule has 0 saturated heterocycles. The summed E-state index contributed by atoms with van der Waals surface area (Å²) in [5, 5.41) is 12.8. The van der Waals surface area contributed by atoms with Crippen LogP contribution in [-0.4, -0.2) is 42.7 Å². The molecule has 1 amide bonds. The highest BCUT2D eigenvalue weighted by molar-refractivity contribution is 5.98. The van der Waals surface area contributed by atoms with Gasteiger partial charge in [0.05, 0.1) is 11.7 Å². The maximum absolute atomic E-state index is 12.2. The molecule has 0 aliphatic carbocycles. The minimum absolute atomic E-state index is 0.204. The third-order valence-corrected chi connectivity index (χ3v) is 3.27. The zero-order valence-corrected chi connectivity index (χ0v) is 12.9. The Morgan fingerprint density at radius 1 is 1.23 bits per heavy atom. The predicted molar refractivity (Wildman–Crippen MR) is 87.1 cm³/mol. The Kier molecular flexibility index (Phi) is 5.49. The third kappa shape index (κ3) is 4.30. The molecule has 0 aliphatic rings. The quantitative estimate of drug-likeness (QED) is 0.848. The third-order valence-electron chi connectivity index (χ3n) is 3.27. The van der Waals surface area contributed by atoms with Crippen LogP contribution in [0.4, 0.5) is 5.82 Å². The number of benzene rings is 1. The number of hydrogen-bond acceptors (Lipinski definition) is 4. The Morgan fingerprint density at radius 3 is 2.64 bits per heavy atom. The average molecular weight is 299 g/mol. The molecule has 1 aromatic heterocycles. The first-order chi connectivity index (χ1) is 10.6. The van der Waals surface area contributed by atoms with Crippen LogP contribution in [0.15, 0.2) is 48.7 Å². The van der Waals surface area contributed by atoms with Crippen LogP contribution in [0, 0.1) is 0 Å². The molecule has 2 rings (SSSR count). The monoisotopic (exact) mass is 299 g/mol. The molecule has 0 bridgehead atoms. The van der Waals surface area contributed by atoms with Crippen molar-refractivity contribution in [1.82, 2.24) is 10.3 Å². The summed E-state index contributed by atoms with van der Waals surface area (Å²) in [5.41, 5.74) is 1.54. The fraction of sp³-hybridized carbons (Fsp3) is 0.294. The van der Waals surface area contributed by atoms with Crippen LogP contribution in [-0.2, 0) is 6.42 Å². The maximum atomic E-state index is 12.2. The van der Waals surface area contributed by atoms with E-state index in [2.05, 4.69) is 10.3 Å². The van der Waals surface area contributed by atoms with Gasteiger partial charge in [-0.25, -0.2) is 4.98 Å². The molecule has 0 aliphatic heterocycles. The van der Waals surface area contributed by atoms with E-state index in [0.717, 1.165) is 5.56 Å². The first-order valence-electron chi connectivity index (χ1n) is 7.20. The van der Waals surface area contributed by atoms with Crippen molar-refractivity contribution in [3.8, 4) is 0 Å². The number of anilines is 1. The largest absolute Gasteiger partial charge is 0.391 e. The van der Waals surface area contributed by atoms with Gasteiger partial charge < -0.3 is 15.3 Å². The van der Waals surface area contributed by atoms with E-state index in [-0.39, 0.29) is 12.5 Å². The summed E-state index contributed by atoms with van der Waals surface area (Å²) in [6.45, 7) is 0.204. The first kappa shape index (κ1) is 16.0. The lowest BCUT2D eigenvalue weighted by atomic mass is 10.1. The number of pyridine rings is 1. The standard InChI is InChI=1S/C17H21N3O2/c1-20(2)16-15(9-6-10-18-16)17(22)19-12-14(21)11-13-7-4-3-5-8-13/h3-10,14,21H,11-12H2,1-2H3,(H,19,22). The molecule has 22 heavy (non-hydrogen) atoms. The number of rotatable bonds is 6. The lowest BCUT2D eigenvalue weighted by Crippen LogP contribution is -2.34. The van der Waals surface area contributed by atoms with Gasteiger partial charge in [0, 0.05) is 33.3 Å². The van der Waals surface area contributed by atoms with Crippen molar-refractivity contribution >= 4 is 11.7 Å². The molecule has 116 valence electrons. The number of aromatic nitrogens is 1. The van der Waals surface area contributed by atoms with Gasteiger partial charge in [-0.3, -0.25) is 4.79 Å². The van der Waals surface area contributed by atoms with Gasteiger partial charge in [0.15, 0.2) is 0 Å². The van der Waals surface area contributed by atoms with E-state index in [1.165, 1.54) is 0 Å². The normalized spacial score (nSPS) is 11.8. The van der Waals surface area contributed by atoms with E-state index >= 15 is 0 Å². The van der Waals surface area contributed by atoms with E-state index in [1.54, 1.807) is 23.2 Å². The van der Waals surface area contributed by atoms with E-state index in [9.17, 15) is 9.90 Å². The Balaban J connectivity index is 1.93. The van der Waals surface area contributed by atoms with Gasteiger partial charge in [0.2, 0.25) is 0 Å². The topological polar surface area (TPSA) is 65.5 Å². The van der Waals surface area contributed by atoms with Gasteiger partial charge in [-0.15, -0.1) is 0 Å². The van der Waals surface area contributed by atoms with Crippen LogP contribution in [0.1, 0.15) is 15.9 Å². The number of amides is 1. The lowest BCUT2D eigenvalue weighted by Gasteiger charge is -2.16. The summed E-state index contributed by atoms with van der Waals surface area (Å²) in [5.74, 6) is 0.376. The highest BCUT2D eigenvalue weighted by Crippen LogP contribution is 2.14. The molecule has 2 N–H and O–H groups in total. The molecule has 0 radical (unpaired) electrons. The summed E-state index contributed by atoms with van der Waals surface area (Å²) in [6.07, 6.45) is 1.54. The summed E-state index contributed by atoms with van der Waals surface area (Å²) in [6, 6.07) is 13.2. The smallest absolute Gasteiger partial charge is 0.255 e. The number of nitrogens with zero attached hydrogens (tertiary/aromatic N) is 2. The molecule has 0 saturated carbocycles. The van der Waals surface area contributed by atoms with Crippen LogP contribution < -0.4 is 10.2 Å². The minimum Gasteiger partial charge on any atom is -0.391 e. The van der Waals surface area contributed by atoms with Crippen molar-refractivity contribution in [3.05, 3.63) is 59.8 Å². The number of aliphatic hydroxyl groups excluding tert-OH is 1. The van der Waals surface area contributed by atoms with Gasteiger partial charge >= 0.3 is 0 Å². The summed E-state index contributed by atoms with van der Waals surface area (Å²) in [4.78, 5) is 18.2. The van der Waals surface area contributed by atoms with Crippen LogP contribution in [0.25, 0.3) is 0 Å². The zero-order valence-electron chi connectivity index (χ0n) is 12.9. The molecule has 1 unspecified atom stereocenters. The van der Waals surface area contributed by atoms with Crippen molar-refractivity contribution < 1.29 is 9.90 Å². The molecular formula is C17H21N3O2. The Bertz CT molecular complexity index is 614. The summed E-state index contributed by atoms with van der Waals surface area (Å²) in [7, 11) is 3.67. The van der Waals surface area contributed by atoms with Gasteiger partial charge in [-0.2, -0.15) is 0 Å². The SMILES string of the molecule is CN(C)c1ncccc1C(=O)NCC(O)Cc1ccccc1. The number of aliphatic hydroxyl groups is 1. The number of carbonyl (C=O) groups excluding carboxylic acids is 1. The predicted octanol–water partition coefficient (Wildman–Crippen LogP) is 1.48. The average Bonchev–Trinajstić information content (AvgIpc) is 2.53. The van der Waals surface area contributed by atoms with Crippen LogP contribution in [0.5, 0.6) is 0 Å². The molecule has 1 atom stereocenters. The second kappa shape index (κ2) is 7.56. The molecule has 5 heteroatoms. The minimum atomic E-state index is -0.620. The van der Waals surface area contributed by atoms with E-state index in [1.807, 2.05) is 44.4 Å². The molecule has 0 spiro atoms. The van der Waals surface area contributed by atoms with Gasteiger partial charge in [0.25, 0.3) is 5.91 Å². The van der Waals surface area contributed by atoms with Crippen molar-refractivity contribution in [3.63, 3.8) is 0 Å². The van der Waals surface area contributed by atoms with Crippen molar-refractivity contribution in [1.29, 1.82) is 0 Å². The fourth-order valence-corrected chi connectivity index (χ4v) is 2.19. The highest BCUT2D eigenvalue weighted by atomic mass is 16.3. The van der Waals surface area contributed by atoms with Crippen molar-refractivity contribution in [2.24, 2.45) is 0 Å². The van der Waals surface area contributed by atoms with Gasteiger partial charge in [0.1, 0.15) is 5.82 Å². The highest BCUT2D eigenvalue weighted by Gasteiger charge is 2.15. The molecule has 0 fully saturated rings. The van der Waals surface area contributed by atoms with E-state index in [0.29, 0.717) is 17.8 Å². The first-order valence-corrected chi connectivity index (χ1v) is 7.20. The molecule has 2 aromatic rings.